The van der Waals surface area contributed by atoms with Gasteiger partial charge in [-0.25, -0.2) is 4.39 Å². The van der Waals surface area contributed by atoms with Gasteiger partial charge in [0.1, 0.15) is 5.82 Å². The van der Waals surface area contributed by atoms with E-state index in [2.05, 4.69) is 0 Å². The van der Waals surface area contributed by atoms with E-state index in [0.717, 1.165) is 11.6 Å². The summed E-state index contributed by atoms with van der Waals surface area (Å²) in [5.41, 5.74) is 1.34. The average Bonchev–Trinajstić information content (AvgIpc) is 2.62. The van der Waals surface area contributed by atoms with E-state index in [1.54, 1.807) is 4.90 Å². The number of rotatable bonds is 3. The highest BCUT2D eigenvalue weighted by Gasteiger charge is 2.26. The SMILES string of the molecule is N#Cc1ccc(C(=O)N2CCOC(Cc3ccccc3)C2)c(F)c1. The van der Waals surface area contributed by atoms with Crippen molar-refractivity contribution in [1.82, 2.24) is 4.90 Å². The zero-order chi connectivity index (χ0) is 16.9. The first-order chi connectivity index (χ1) is 11.7. The van der Waals surface area contributed by atoms with E-state index in [4.69, 9.17) is 10.00 Å². The third-order valence-electron chi connectivity index (χ3n) is 4.06. The minimum absolute atomic E-state index is 0.00522. The molecule has 0 bridgehead atoms. The van der Waals surface area contributed by atoms with Crippen LogP contribution >= 0.6 is 0 Å². The molecule has 1 fully saturated rings. The Balaban J connectivity index is 1.70. The van der Waals surface area contributed by atoms with E-state index in [9.17, 15) is 9.18 Å². The highest BCUT2D eigenvalue weighted by Crippen LogP contribution is 2.17. The van der Waals surface area contributed by atoms with E-state index in [0.29, 0.717) is 26.1 Å². The van der Waals surface area contributed by atoms with Crippen LogP contribution in [0.2, 0.25) is 0 Å². The molecule has 0 aromatic heterocycles. The Labute approximate surface area is 140 Å². The van der Waals surface area contributed by atoms with E-state index in [1.807, 2.05) is 36.4 Å². The van der Waals surface area contributed by atoms with Crippen LogP contribution in [0.5, 0.6) is 0 Å². The molecular weight excluding hydrogens is 307 g/mol. The van der Waals surface area contributed by atoms with E-state index < -0.39 is 5.82 Å². The molecule has 1 heterocycles. The summed E-state index contributed by atoms with van der Waals surface area (Å²) in [7, 11) is 0. The molecule has 2 aromatic rings. The van der Waals surface area contributed by atoms with Gasteiger partial charge >= 0.3 is 0 Å². The zero-order valence-electron chi connectivity index (χ0n) is 13.1. The summed E-state index contributed by atoms with van der Waals surface area (Å²) in [5, 5.41) is 8.79. The smallest absolute Gasteiger partial charge is 0.256 e. The van der Waals surface area contributed by atoms with Gasteiger partial charge in [-0.2, -0.15) is 5.26 Å². The van der Waals surface area contributed by atoms with Crippen LogP contribution in [-0.2, 0) is 11.2 Å². The molecule has 1 atom stereocenters. The molecule has 1 amide bonds. The lowest BCUT2D eigenvalue weighted by Crippen LogP contribution is -2.46. The summed E-state index contributed by atoms with van der Waals surface area (Å²) in [6.45, 7) is 1.29. The van der Waals surface area contributed by atoms with Crippen LogP contribution in [0.25, 0.3) is 0 Å². The number of amides is 1. The van der Waals surface area contributed by atoms with E-state index in [-0.39, 0.29) is 23.1 Å². The summed E-state index contributed by atoms with van der Waals surface area (Å²) < 4.78 is 19.8. The number of benzene rings is 2. The van der Waals surface area contributed by atoms with Crippen molar-refractivity contribution in [2.24, 2.45) is 0 Å². The first-order valence-electron chi connectivity index (χ1n) is 7.82. The third kappa shape index (κ3) is 3.61. The van der Waals surface area contributed by atoms with Crippen LogP contribution in [0.1, 0.15) is 21.5 Å². The highest BCUT2D eigenvalue weighted by atomic mass is 19.1. The third-order valence-corrected chi connectivity index (χ3v) is 4.06. The number of carbonyl (C=O) groups excluding carboxylic acids is 1. The van der Waals surface area contributed by atoms with Crippen molar-refractivity contribution in [2.75, 3.05) is 19.7 Å². The Bertz CT molecular complexity index is 771. The maximum atomic E-state index is 14.1. The van der Waals surface area contributed by atoms with Gasteiger partial charge in [-0.3, -0.25) is 4.79 Å². The second-order valence-electron chi connectivity index (χ2n) is 5.74. The molecule has 3 rings (SSSR count). The molecular formula is C19H17FN2O2. The molecule has 0 aliphatic carbocycles. The van der Waals surface area contributed by atoms with E-state index in [1.165, 1.54) is 12.1 Å². The Morgan fingerprint density at radius 2 is 2.08 bits per heavy atom. The monoisotopic (exact) mass is 324 g/mol. The summed E-state index contributed by atoms with van der Waals surface area (Å²) in [4.78, 5) is 14.2. The van der Waals surface area contributed by atoms with Crippen LogP contribution in [-0.4, -0.2) is 36.6 Å². The van der Waals surface area contributed by atoms with Gasteiger partial charge in [-0.1, -0.05) is 30.3 Å². The molecule has 5 heteroatoms. The van der Waals surface area contributed by atoms with Crippen molar-refractivity contribution in [2.45, 2.75) is 12.5 Å². The molecule has 2 aromatic carbocycles. The summed E-state index contributed by atoms with van der Waals surface area (Å²) in [6, 6.07) is 15.7. The second kappa shape index (κ2) is 7.24. The normalized spacial score (nSPS) is 17.3. The minimum Gasteiger partial charge on any atom is -0.374 e. The van der Waals surface area contributed by atoms with Crippen molar-refractivity contribution < 1.29 is 13.9 Å². The van der Waals surface area contributed by atoms with Crippen molar-refractivity contribution in [1.29, 1.82) is 5.26 Å². The fourth-order valence-corrected chi connectivity index (χ4v) is 2.83. The predicted molar refractivity (Wildman–Crippen MR) is 86.9 cm³/mol. The Morgan fingerprint density at radius 1 is 1.29 bits per heavy atom. The average molecular weight is 324 g/mol. The number of halogens is 1. The number of hydrogen-bond acceptors (Lipinski definition) is 3. The van der Waals surface area contributed by atoms with Gasteiger partial charge in [0.2, 0.25) is 0 Å². The Hall–Kier alpha value is -2.71. The zero-order valence-corrected chi connectivity index (χ0v) is 13.1. The maximum absolute atomic E-state index is 14.1. The van der Waals surface area contributed by atoms with Crippen molar-refractivity contribution in [3.63, 3.8) is 0 Å². The molecule has 0 radical (unpaired) electrons. The van der Waals surface area contributed by atoms with Crippen LogP contribution in [0.4, 0.5) is 4.39 Å². The first-order valence-corrected chi connectivity index (χ1v) is 7.82. The van der Waals surface area contributed by atoms with Gasteiger partial charge in [-0.15, -0.1) is 0 Å². The molecule has 1 aliphatic heterocycles. The fourth-order valence-electron chi connectivity index (χ4n) is 2.83. The molecule has 0 saturated carbocycles. The largest absolute Gasteiger partial charge is 0.374 e. The van der Waals surface area contributed by atoms with Crippen molar-refractivity contribution in [3.8, 4) is 6.07 Å². The second-order valence-corrected chi connectivity index (χ2v) is 5.74. The predicted octanol–water partition coefficient (Wildman–Crippen LogP) is 2.78. The van der Waals surface area contributed by atoms with Gasteiger partial charge in [0.25, 0.3) is 5.91 Å². The number of morpholine rings is 1. The van der Waals surface area contributed by atoms with Crippen molar-refractivity contribution >= 4 is 5.91 Å². The molecule has 0 spiro atoms. The number of nitriles is 1. The van der Waals surface area contributed by atoms with Crippen molar-refractivity contribution in [3.05, 3.63) is 71.0 Å². The lowest BCUT2D eigenvalue weighted by Gasteiger charge is -2.33. The Morgan fingerprint density at radius 3 is 2.79 bits per heavy atom. The molecule has 4 nitrogen and oxygen atoms in total. The molecule has 1 saturated heterocycles. The number of carbonyl (C=O) groups is 1. The molecule has 24 heavy (non-hydrogen) atoms. The summed E-state index contributed by atoms with van der Waals surface area (Å²) >= 11 is 0. The maximum Gasteiger partial charge on any atom is 0.256 e. The van der Waals surface area contributed by atoms with Crippen LogP contribution in [0, 0.1) is 17.1 Å². The highest BCUT2D eigenvalue weighted by molar-refractivity contribution is 5.94. The molecule has 122 valence electrons. The van der Waals surface area contributed by atoms with Gasteiger partial charge < -0.3 is 9.64 Å². The lowest BCUT2D eigenvalue weighted by molar-refractivity contribution is -0.0209. The quantitative estimate of drug-likeness (QED) is 0.872. The first kappa shape index (κ1) is 16.2. The van der Waals surface area contributed by atoms with Gasteiger partial charge in [0.05, 0.1) is 29.9 Å². The number of ether oxygens (including phenoxy) is 1. The van der Waals surface area contributed by atoms with Crippen LogP contribution in [0.15, 0.2) is 48.5 Å². The molecule has 0 N–H and O–H groups in total. The van der Waals surface area contributed by atoms with E-state index >= 15 is 0 Å². The number of nitrogens with zero attached hydrogens (tertiary/aromatic N) is 2. The summed E-state index contributed by atoms with van der Waals surface area (Å²) in [6.07, 6.45) is 0.604. The van der Waals surface area contributed by atoms with Crippen LogP contribution in [0.3, 0.4) is 0 Å². The molecule has 1 aliphatic rings. The standard InChI is InChI=1S/C19H17FN2O2/c20-18-11-15(12-21)6-7-17(18)19(23)22-8-9-24-16(13-22)10-14-4-2-1-3-5-14/h1-7,11,16H,8-10,13H2. The Kier molecular flexibility index (Phi) is 4.88. The molecule has 1 unspecified atom stereocenters. The van der Waals surface area contributed by atoms with Gasteiger partial charge in [0, 0.05) is 19.5 Å². The van der Waals surface area contributed by atoms with Gasteiger partial charge in [0.15, 0.2) is 0 Å². The fraction of sp³-hybridized carbons (Fsp3) is 0.263. The van der Waals surface area contributed by atoms with Gasteiger partial charge in [-0.05, 0) is 23.8 Å². The van der Waals surface area contributed by atoms with Crippen LogP contribution < -0.4 is 0 Å². The topological polar surface area (TPSA) is 53.3 Å². The lowest BCUT2D eigenvalue weighted by atomic mass is 10.1. The minimum atomic E-state index is -0.662. The summed E-state index contributed by atoms with van der Waals surface area (Å²) in [5.74, 6) is -1.02. The number of hydrogen-bond donors (Lipinski definition) is 0.